The van der Waals surface area contributed by atoms with Gasteiger partial charge in [0.25, 0.3) is 0 Å². The van der Waals surface area contributed by atoms with Gasteiger partial charge in [0, 0.05) is 33.3 Å². The molecule has 53 heavy (non-hydrogen) atoms. The molecule has 0 fully saturated rings. The van der Waals surface area contributed by atoms with Crippen LogP contribution in [-0.4, -0.2) is 5.71 Å². The smallest absolute Gasteiger partial charge is 0.148 e. The highest BCUT2D eigenvalue weighted by Gasteiger charge is 2.21. The molecule has 8 rings (SSSR count). The van der Waals surface area contributed by atoms with Gasteiger partial charge in [0.15, 0.2) is 0 Å². The van der Waals surface area contributed by atoms with E-state index in [1.165, 1.54) is 16.7 Å². The van der Waals surface area contributed by atoms with Crippen LogP contribution < -0.4 is 5.32 Å². The quantitative estimate of drug-likeness (QED) is 0.138. The van der Waals surface area contributed by atoms with Gasteiger partial charge in [0.2, 0.25) is 0 Å². The molecule has 0 aliphatic carbocycles. The van der Waals surface area contributed by atoms with Gasteiger partial charge in [-0.3, -0.25) is 4.99 Å². The Morgan fingerprint density at radius 3 is 1.94 bits per heavy atom. The molecule has 0 aliphatic heterocycles. The van der Waals surface area contributed by atoms with E-state index in [2.05, 4.69) is 195 Å². The van der Waals surface area contributed by atoms with Crippen molar-refractivity contribution in [1.29, 1.82) is 0 Å². The Bertz CT molecular complexity index is 2550. The minimum atomic E-state index is -0.444. The highest BCUT2D eigenvalue weighted by Crippen LogP contribution is 2.38. The van der Waals surface area contributed by atoms with E-state index in [0.29, 0.717) is 0 Å². The normalized spacial score (nSPS) is 12.6. The van der Waals surface area contributed by atoms with Crippen LogP contribution in [0.1, 0.15) is 49.5 Å². The maximum Gasteiger partial charge on any atom is 0.148 e. The number of aliphatic imine (C=N–C) groups is 1. The van der Waals surface area contributed by atoms with Gasteiger partial charge in [-0.2, -0.15) is 0 Å². The summed E-state index contributed by atoms with van der Waals surface area (Å²) >= 11 is 0. The van der Waals surface area contributed by atoms with E-state index in [-0.39, 0.29) is 0 Å². The molecular weight excluding hydrogens is 645 g/mol. The lowest BCUT2D eigenvalue weighted by molar-refractivity contribution is 0.626. The van der Waals surface area contributed by atoms with Crippen LogP contribution in [0.3, 0.4) is 0 Å². The number of rotatable bonds is 11. The number of unbranched alkanes of at least 4 members (excludes halogenated alkanes) is 1. The van der Waals surface area contributed by atoms with Crippen molar-refractivity contribution in [3.05, 3.63) is 199 Å². The van der Waals surface area contributed by atoms with E-state index in [1.54, 1.807) is 0 Å². The highest BCUT2D eigenvalue weighted by atomic mass is 16.3. The molecule has 0 aliphatic rings. The predicted octanol–water partition coefficient (Wildman–Crippen LogP) is 13.5. The number of furan rings is 1. The van der Waals surface area contributed by atoms with Crippen LogP contribution in [0.15, 0.2) is 191 Å². The van der Waals surface area contributed by atoms with Gasteiger partial charge in [-0.15, -0.1) is 0 Å². The minimum absolute atomic E-state index is 0.444. The lowest BCUT2D eigenvalue weighted by Gasteiger charge is -2.22. The fourth-order valence-corrected chi connectivity index (χ4v) is 7.12. The first-order valence-electron chi connectivity index (χ1n) is 18.5. The van der Waals surface area contributed by atoms with Crippen molar-refractivity contribution < 1.29 is 4.42 Å². The maximum atomic E-state index is 6.82. The Labute approximate surface area is 312 Å². The van der Waals surface area contributed by atoms with Crippen LogP contribution in [0.25, 0.3) is 61.0 Å². The van der Waals surface area contributed by atoms with Crippen molar-refractivity contribution in [3.63, 3.8) is 0 Å². The topological polar surface area (TPSA) is 37.5 Å². The van der Waals surface area contributed by atoms with Crippen molar-refractivity contribution in [2.75, 3.05) is 0 Å². The summed E-state index contributed by atoms with van der Waals surface area (Å²) in [5.41, 5.74) is 13.9. The first-order valence-corrected chi connectivity index (χ1v) is 18.5. The SMILES string of the molecule is CCC/C=C(/NC(N=C(C)c1cccc(-c2ccccc2)c1)c1cccc2c1oc1cc(-c3ccccc3)ccc12)c1ccccc1-c1ccccc1. The summed E-state index contributed by atoms with van der Waals surface area (Å²) in [4.78, 5) is 5.52. The van der Waals surface area contributed by atoms with E-state index in [9.17, 15) is 0 Å². The summed E-state index contributed by atoms with van der Waals surface area (Å²) in [6, 6.07) is 61.8. The third-order valence-electron chi connectivity index (χ3n) is 9.87. The maximum absolute atomic E-state index is 6.82. The molecular formula is C50H42N2O. The molecule has 1 N–H and O–H groups in total. The van der Waals surface area contributed by atoms with Crippen LogP contribution in [-0.2, 0) is 0 Å². The van der Waals surface area contributed by atoms with E-state index in [1.807, 2.05) is 6.07 Å². The van der Waals surface area contributed by atoms with E-state index < -0.39 is 6.17 Å². The van der Waals surface area contributed by atoms with Crippen LogP contribution >= 0.6 is 0 Å². The van der Waals surface area contributed by atoms with E-state index in [0.717, 1.165) is 79.6 Å². The number of nitrogens with one attached hydrogen (secondary N) is 1. The zero-order valence-corrected chi connectivity index (χ0v) is 30.2. The third kappa shape index (κ3) is 7.20. The van der Waals surface area contributed by atoms with Crippen LogP contribution in [0, 0.1) is 0 Å². The molecule has 0 amide bonds. The van der Waals surface area contributed by atoms with Gasteiger partial charge in [-0.1, -0.05) is 177 Å². The number of nitrogens with zero attached hydrogens (tertiary/aromatic N) is 1. The number of fused-ring (bicyclic) bond motifs is 3. The summed E-state index contributed by atoms with van der Waals surface area (Å²) < 4.78 is 6.82. The second kappa shape index (κ2) is 15.4. The Morgan fingerprint density at radius 2 is 1.23 bits per heavy atom. The van der Waals surface area contributed by atoms with Crippen LogP contribution in [0.4, 0.5) is 0 Å². The fraction of sp³-hybridized carbons (Fsp3) is 0.100. The molecule has 1 unspecified atom stereocenters. The zero-order chi connectivity index (χ0) is 36.0. The monoisotopic (exact) mass is 686 g/mol. The second-order valence-electron chi connectivity index (χ2n) is 13.4. The fourth-order valence-electron chi connectivity index (χ4n) is 7.12. The first kappa shape index (κ1) is 33.7. The molecule has 1 atom stereocenters. The third-order valence-corrected chi connectivity index (χ3v) is 9.87. The molecule has 1 aromatic heterocycles. The Kier molecular flexibility index (Phi) is 9.80. The molecule has 0 saturated carbocycles. The molecule has 7 aromatic carbocycles. The van der Waals surface area contributed by atoms with Gasteiger partial charge in [0.05, 0.1) is 0 Å². The number of allylic oxidation sites excluding steroid dienone is 1. The Hall–Kier alpha value is -6.45. The predicted molar refractivity (Wildman–Crippen MR) is 224 cm³/mol. The Morgan fingerprint density at radius 1 is 0.604 bits per heavy atom. The lowest BCUT2D eigenvalue weighted by Crippen LogP contribution is -2.20. The van der Waals surface area contributed by atoms with Gasteiger partial charge in [-0.25, -0.2) is 0 Å². The largest absolute Gasteiger partial charge is 0.456 e. The Balaban J connectivity index is 1.28. The van der Waals surface area contributed by atoms with Crippen molar-refractivity contribution in [2.24, 2.45) is 4.99 Å². The molecule has 3 nitrogen and oxygen atoms in total. The molecule has 258 valence electrons. The molecule has 0 bridgehead atoms. The van der Waals surface area contributed by atoms with Crippen molar-refractivity contribution >= 4 is 33.3 Å². The summed E-state index contributed by atoms with van der Waals surface area (Å²) in [5, 5.41) is 6.13. The van der Waals surface area contributed by atoms with Gasteiger partial charge >= 0.3 is 0 Å². The zero-order valence-electron chi connectivity index (χ0n) is 30.2. The van der Waals surface area contributed by atoms with Gasteiger partial charge in [-0.05, 0) is 70.5 Å². The highest BCUT2D eigenvalue weighted by molar-refractivity contribution is 6.07. The van der Waals surface area contributed by atoms with E-state index >= 15 is 0 Å². The van der Waals surface area contributed by atoms with Gasteiger partial charge in [0.1, 0.15) is 17.3 Å². The molecule has 1 heterocycles. The molecule has 3 heteroatoms. The van der Waals surface area contributed by atoms with E-state index in [4.69, 9.17) is 9.41 Å². The number of para-hydroxylation sites is 1. The van der Waals surface area contributed by atoms with Gasteiger partial charge < -0.3 is 9.73 Å². The van der Waals surface area contributed by atoms with Crippen molar-refractivity contribution in [2.45, 2.75) is 32.9 Å². The second-order valence-corrected chi connectivity index (χ2v) is 13.4. The minimum Gasteiger partial charge on any atom is -0.456 e. The standard InChI is InChI=1S/C50H42N2O/c1-3-4-30-47(43-27-15-14-26-42(43)38-22-12-7-13-23-38)52-50(51-35(2)39-24-16-25-40(33-39)36-18-8-5-9-19-36)46-29-17-28-45-44-32-31-41(34-48(44)53-49(45)46)37-20-10-6-11-21-37/h5-34,50,52H,3-4H2,1-2H3/b47-30+,51-35?. The number of hydrogen-bond acceptors (Lipinski definition) is 3. The molecule has 0 saturated heterocycles. The molecule has 8 aromatic rings. The van der Waals surface area contributed by atoms with Crippen molar-refractivity contribution in [3.8, 4) is 33.4 Å². The number of benzene rings is 7. The molecule has 0 spiro atoms. The van der Waals surface area contributed by atoms with Crippen LogP contribution in [0.5, 0.6) is 0 Å². The number of hydrogen-bond donors (Lipinski definition) is 1. The average Bonchev–Trinajstić information content (AvgIpc) is 3.61. The average molecular weight is 687 g/mol. The lowest BCUT2D eigenvalue weighted by atomic mass is 9.96. The van der Waals surface area contributed by atoms with Crippen LogP contribution in [0.2, 0.25) is 0 Å². The first-order chi connectivity index (χ1) is 26.2. The van der Waals surface area contributed by atoms with Crippen molar-refractivity contribution in [1.82, 2.24) is 5.32 Å². The summed E-state index contributed by atoms with van der Waals surface area (Å²) in [6.45, 7) is 4.33. The summed E-state index contributed by atoms with van der Waals surface area (Å²) in [5.74, 6) is 0. The molecule has 0 radical (unpaired) electrons. The summed E-state index contributed by atoms with van der Waals surface area (Å²) in [7, 11) is 0. The summed E-state index contributed by atoms with van der Waals surface area (Å²) in [6.07, 6.45) is 3.83.